The highest BCUT2D eigenvalue weighted by molar-refractivity contribution is 8.00. The highest BCUT2D eigenvalue weighted by atomic mass is 32.2. The van der Waals surface area contributed by atoms with Gasteiger partial charge in [-0.05, 0) is 42.0 Å². The van der Waals surface area contributed by atoms with Crippen molar-refractivity contribution in [3.63, 3.8) is 0 Å². The number of amides is 2. The van der Waals surface area contributed by atoms with Crippen LogP contribution in [0.3, 0.4) is 0 Å². The van der Waals surface area contributed by atoms with Crippen LogP contribution in [0.5, 0.6) is 11.5 Å². The first-order valence-electron chi connectivity index (χ1n) is 9.62. The Morgan fingerprint density at radius 3 is 2.19 bits per heavy atom. The van der Waals surface area contributed by atoms with Crippen molar-refractivity contribution < 1.29 is 19.1 Å². The van der Waals surface area contributed by atoms with Crippen LogP contribution < -0.4 is 20.1 Å². The lowest BCUT2D eigenvalue weighted by atomic mass is 10.1. The van der Waals surface area contributed by atoms with E-state index in [0.717, 1.165) is 10.5 Å². The zero-order valence-electron chi connectivity index (χ0n) is 17.5. The number of hydrogen-bond donors (Lipinski definition) is 2. The average molecular weight is 437 g/mol. The Morgan fingerprint density at radius 1 is 0.871 bits per heavy atom. The molecule has 2 N–H and O–H groups in total. The topological polar surface area (TPSA) is 76.7 Å². The Kier molecular flexibility index (Phi) is 7.56. The predicted molar refractivity (Wildman–Crippen MR) is 124 cm³/mol. The first-order valence-corrected chi connectivity index (χ1v) is 10.5. The molecule has 0 saturated carbocycles. The van der Waals surface area contributed by atoms with E-state index in [-0.39, 0.29) is 11.8 Å². The standard InChI is InChI=1S/C24H24N2O4S/c1-16(27)25-18-9-12-20(13-10-18)31-23(17-7-5-4-6-8-17)24(28)26-21-14-11-19(29-2)15-22(21)30-3/h4-15,23H,1-3H3,(H,25,27)(H,26,28). The van der Waals surface area contributed by atoms with Crippen LogP contribution in [0.2, 0.25) is 0 Å². The molecule has 0 saturated heterocycles. The van der Waals surface area contributed by atoms with Gasteiger partial charge < -0.3 is 20.1 Å². The number of nitrogens with one attached hydrogen (secondary N) is 2. The maximum absolute atomic E-state index is 13.3. The van der Waals surface area contributed by atoms with E-state index in [2.05, 4.69) is 10.6 Å². The van der Waals surface area contributed by atoms with Crippen LogP contribution in [-0.4, -0.2) is 26.0 Å². The van der Waals surface area contributed by atoms with Gasteiger partial charge in [-0.25, -0.2) is 0 Å². The summed E-state index contributed by atoms with van der Waals surface area (Å²) in [5.41, 5.74) is 2.15. The summed E-state index contributed by atoms with van der Waals surface area (Å²) in [7, 11) is 3.12. The molecule has 0 spiro atoms. The third-order valence-electron chi connectivity index (χ3n) is 4.44. The summed E-state index contributed by atoms with van der Waals surface area (Å²) in [5, 5.41) is 5.23. The molecule has 1 atom stereocenters. The highest BCUT2D eigenvalue weighted by Crippen LogP contribution is 2.38. The second-order valence-corrected chi connectivity index (χ2v) is 7.85. The maximum atomic E-state index is 13.3. The molecule has 0 radical (unpaired) electrons. The van der Waals surface area contributed by atoms with E-state index in [1.54, 1.807) is 32.4 Å². The predicted octanol–water partition coefficient (Wildman–Crippen LogP) is 5.13. The van der Waals surface area contributed by atoms with Gasteiger partial charge in [0.2, 0.25) is 11.8 Å². The van der Waals surface area contributed by atoms with Crippen LogP contribution in [-0.2, 0) is 9.59 Å². The number of anilines is 2. The second kappa shape index (κ2) is 10.5. The molecule has 0 aliphatic carbocycles. The Hall–Kier alpha value is -3.45. The van der Waals surface area contributed by atoms with Crippen molar-refractivity contribution in [2.24, 2.45) is 0 Å². The van der Waals surface area contributed by atoms with Gasteiger partial charge in [-0.1, -0.05) is 30.3 Å². The molecule has 0 bridgehead atoms. The number of ether oxygens (including phenoxy) is 2. The fourth-order valence-corrected chi connectivity index (χ4v) is 3.98. The molecule has 3 aromatic rings. The Balaban J connectivity index is 1.84. The van der Waals surface area contributed by atoms with Gasteiger partial charge in [0.15, 0.2) is 0 Å². The Morgan fingerprint density at radius 2 is 1.58 bits per heavy atom. The summed E-state index contributed by atoms with van der Waals surface area (Å²) < 4.78 is 10.6. The molecule has 0 aliphatic heterocycles. The molecule has 0 aromatic heterocycles. The zero-order valence-corrected chi connectivity index (χ0v) is 18.4. The molecule has 3 rings (SSSR count). The molecule has 6 nitrogen and oxygen atoms in total. The Bertz CT molecular complexity index is 1040. The summed E-state index contributed by atoms with van der Waals surface area (Å²) in [6, 6.07) is 22.2. The van der Waals surface area contributed by atoms with Crippen LogP contribution in [0.25, 0.3) is 0 Å². The minimum absolute atomic E-state index is 0.129. The van der Waals surface area contributed by atoms with Gasteiger partial charge in [0, 0.05) is 23.6 Å². The molecule has 2 amide bonds. The first kappa shape index (κ1) is 22.2. The van der Waals surface area contributed by atoms with Gasteiger partial charge >= 0.3 is 0 Å². The lowest BCUT2D eigenvalue weighted by Crippen LogP contribution is -2.19. The van der Waals surface area contributed by atoms with Gasteiger partial charge in [-0.15, -0.1) is 11.8 Å². The molecule has 0 aliphatic rings. The number of hydrogen-bond acceptors (Lipinski definition) is 5. The fourth-order valence-electron chi connectivity index (χ4n) is 2.96. The van der Waals surface area contributed by atoms with E-state index in [9.17, 15) is 9.59 Å². The normalized spacial score (nSPS) is 11.3. The molecule has 3 aromatic carbocycles. The van der Waals surface area contributed by atoms with Crippen LogP contribution >= 0.6 is 11.8 Å². The van der Waals surface area contributed by atoms with E-state index >= 15 is 0 Å². The van der Waals surface area contributed by atoms with Crippen LogP contribution in [0.4, 0.5) is 11.4 Å². The van der Waals surface area contributed by atoms with E-state index < -0.39 is 5.25 Å². The summed E-state index contributed by atoms with van der Waals surface area (Å²) in [6.07, 6.45) is 0. The number of methoxy groups -OCH3 is 2. The van der Waals surface area contributed by atoms with E-state index in [1.807, 2.05) is 54.6 Å². The summed E-state index contributed by atoms with van der Waals surface area (Å²) in [6.45, 7) is 1.46. The fraction of sp³-hybridized carbons (Fsp3) is 0.167. The second-order valence-electron chi connectivity index (χ2n) is 6.67. The van der Waals surface area contributed by atoms with Crippen molar-refractivity contribution in [1.82, 2.24) is 0 Å². The van der Waals surface area contributed by atoms with E-state index in [0.29, 0.717) is 22.9 Å². The van der Waals surface area contributed by atoms with Crippen molar-refractivity contribution in [2.45, 2.75) is 17.1 Å². The maximum Gasteiger partial charge on any atom is 0.242 e. The van der Waals surface area contributed by atoms with Crippen molar-refractivity contribution in [1.29, 1.82) is 0 Å². The third-order valence-corrected chi connectivity index (χ3v) is 5.70. The van der Waals surface area contributed by atoms with Crippen molar-refractivity contribution in [2.75, 3.05) is 24.9 Å². The summed E-state index contributed by atoms with van der Waals surface area (Å²) in [4.78, 5) is 25.4. The summed E-state index contributed by atoms with van der Waals surface area (Å²) in [5.74, 6) is 0.855. The van der Waals surface area contributed by atoms with Gasteiger partial charge in [0.1, 0.15) is 16.7 Å². The van der Waals surface area contributed by atoms with Gasteiger partial charge in [-0.3, -0.25) is 9.59 Å². The van der Waals surface area contributed by atoms with E-state index in [4.69, 9.17) is 9.47 Å². The monoisotopic (exact) mass is 436 g/mol. The molecule has 31 heavy (non-hydrogen) atoms. The highest BCUT2D eigenvalue weighted by Gasteiger charge is 2.23. The molecule has 0 heterocycles. The number of thioether (sulfide) groups is 1. The Labute approximate surface area is 186 Å². The smallest absolute Gasteiger partial charge is 0.242 e. The van der Waals surface area contributed by atoms with E-state index in [1.165, 1.54) is 18.7 Å². The third kappa shape index (κ3) is 6.02. The first-order chi connectivity index (χ1) is 15.0. The minimum atomic E-state index is -0.486. The van der Waals surface area contributed by atoms with Crippen molar-refractivity contribution in [3.05, 3.63) is 78.4 Å². The number of carbonyl (C=O) groups excluding carboxylic acids is 2. The van der Waals surface area contributed by atoms with Crippen molar-refractivity contribution in [3.8, 4) is 11.5 Å². The minimum Gasteiger partial charge on any atom is -0.497 e. The van der Waals surface area contributed by atoms with Crippen LogP contribution in [0.1, 0.15) is 17.7 Å². The SMILES string of the molecule is COc1ccc(NC(=O)C(Sc2ccc(NC(C)=O)cc2)c2ccccc2)c(OC)c1. The zero-order chi connectivity index (χ0) is 22.2. The number of rotatable bonds is 8. The van der Waals surface area contributed by atoms with Gasteiger partial charge in [-0.2, -0.15) is 0 Å². The number of benzene rings is 3. The lowest BCUT2D eigenvalue weighted by Gasteiger charge is -2.19. The average Bonchev–Trinajstić information content (AvgIpc) is 2.79. The van der Waals surface area contributed by atoms with Crippen LogP contribution in [0.15, 0.2) is 77.7 Å². The lowest BCUT2D eigenvalue weighted by molar-refractivity contribution is -0.116. The number of carbonyl (C=O) groups is 2. The molecular formula is C24H24N2O4S. The van der Waals surface area contributed by atoms with Gasteiger partial charge in [0.05, 0.1) is 19.9 Å². The quantitative estimate of drug-likeness (QED) is 0.479. The molecule has 7 heteroatoms. The summed E-state index contributed by atoms with van der Waals surface area (Å²) >= 11 is 1.43. The molecular weight excluding hydrogens is 412 g/mol. The molecule has 1 unspecified atom stereocenters. The molecule has 0 fully saturated rings. The molecule has 160 valence electrons. The largest absolute Gasteiger partial charge is 0.497 e. The van der Waals surface area contributed by atoms with Crippen molar-refractivity contribution >= 4 is 35.0 Å². The van der Waals surface area contributed by atoms with Crippen LogP contribution in [0, 0.1) is 0 Å². The van der Waals surface area contributed by atoms with Gasteiger partial charge in [0.25, 0.3) is 0 Å².